The van der Waals surface area contributed by atoms with Gasteiger partial charge in [0.25, 0.3) is 1.43 Å². The maximum atomic E-state index is 10.3. The molecule has 0 aromatic heterocycles. The molecule has 34 valence electrons. The zero-order chi connectivity index (χ0) is 8.36. The summed E-state index contributed by atoms with van der Waals surface area (Å²) in [6.45, 7) is 0.382. The fourth-order valence-corrected chi connectivity index (χ4v) is 0. The van der Waals surface area contributed by atoms with Gasteiger partial charge in [-0.05, 0) is 6.85 Å². The van der Waals surface area contributed by atoms with Crippen molar-refractivity contribution in [1.82, 2.24) is 0 Å². The van der Waals surface area contributed by atoms with Gasteiger partial charge >= 0.3 is 5.97 Å². The van der Waals surface area contributed by atoms with Gasteiger partial charge in [-0.3, -0.25) is 0 Å². The number of carboxylic acids is 1. The first-order valence-electron chi connectivity index (χ1n) is 3.17. The lowest BCUT2D eigenvalue weighted by molar-refractivity contribution is -0.132. The highest BCUT2D eigenvalue weighted by atomic mass is 16.4. The molecule has 0 bridgehead atoms. The number of carbonyl (C=O) groups is 1. The van der Waals surface area contributed by atoms with Gasteiger partial charge in [-0.15, -0.1) is 0 Å². The number of carboxylic acid groups (broad SMARTS) is 1. The Hall–Kier alpha value is -0.790. The Morgan fingerprint density at radius 2 is 3.00 bits per heavy atom. The fraction of sp³-hybridized carbons (Fsp3) is 0.250. The van der Waals surface area contributed by atoms with Crippen molar-refractivity contribution in [3.8, 4) is 0 Å². The largest absolute Gasteiger partial charge is 0.478 e. The Labute approximate surface area is 41.8 Å². The Bertz CT molecular complexity index is 159. The van der Waals surface area contributed by atoms with Crippen molar-refractivity contribution in [2.75, 3.05) is 0 Å². The van der Waals surface area contributed by atoms with E-state index in [1.807, 2.05) is 0 Å². The minimum atomic E-state index is -2.56. The summed E-state index contributed by atoms with van der Waals surface area (Å²) in [5, 5.41) is 3.39. The molecule has 0 heterocycles. The molecule has 2 heteroatoms. The van der Waals surface area contributed by atoms with Crippen LogP contribution in [0.3, 0.4) is 0 Å². The summed E-state index contributed by atoms with van der Waals surface area (Å²) in [7, 11) is 0. The first kappa shape index (κ1) is 1.37. The van der Waals surface area contributed by atoms with E-state index in [1.54, 1.807) is 0 Å². The lowest BCUT2D eigenvalue weighted by Crippen LogP contribution is -1.92. The standard InChI is InChI=1S/C4H6O2/c1-3(2)4(5)6/h1H2,2H3,(H,5,6)/i2D3/hD. The van der Waals surface area contributed by atoms with E-state index in [2.05, 4.69) is 11.7 Å². The number of hydrogen-bond acceptors (Lipinski definition) is 2. The van der Waals surface area contributed by atoms with E-state index >= 15 is 0 Å². The van der Waals surface area contributed by atoms with Crippen LogP contribution in [0.5, 0.6) is 0 Å². The van der Waals surface area contributed by atoms with Crippen LogP contribution in [0.1, 0.15) is 11.0 Å². The third-order valence-corrected chi connectivity index (χ3v) is 0.246. The van der Waals surface area contributed by atoms with Crippen molar-refractivity contribution in [3.05, 3.63) is 12.2 Å². The molecule has 1 N–H and O–H groups in total. The lowest BCUT2D eigenvalue weighted by Gasteiger charge is -1.79. The Kier molecular flexibility index (Phi) is 0.365. The second kappa shape index (κ2) is 1.60. The second-order valence-electron chi connectivity index (χ2n) is 0.766. The SMILES string of the molecule is [2H]OC(=O)C(=C)C([2H])([2H])[2H]. The highest BCUT2D eigenvalue weighted by Crippen LogP contribution is 1.81. The molecule has 6 heavy (non-hydrogen) atoms. The zero-order valence-electron chi connectivity index (χ0n) is 7.02. The van der Waals surface area contributed by atoms with Crippen LogP contribution in [-0.4, -0.2) is 11.1 Å². The van der Waals surface area contributed by atoms with Gasteiger partial charge in [-0.2, -0.15) is 0 Å². The van der Waals surface area contributed by atoms with E-state index in [9.17, 15) is 4.79 Å². The van der Waals surface area contributed by atoms with Crippen LogP contribution >= 0.6 is 0 Å². The van der Waals surface area contributed by atoms with Crippen molar-refractivity contribution < 1.29 is 14.0 Å². The molecule has 0 aromatic rings. The van der Waals surface area contributed by atoms with Gasteiger partial charge in [0.1, 0.15) is 0 Å². The minimum Gasteiger partial charge on any atom is -0.478 e. The molecule has 0 radical (unpaired) electrons. The molecule has 0 atom stereocenters. The highest BCUT2D eigenvalue weighted by molar-refractivity contribution is 5.84. The number of aliphatic carboxylic acids is 1. The van der Waals surface area contributed by atoms with Crippen molar-refractivity contribution in [2.24, 2.45) is 0 Å². The molecule has 0 saturated carbocycles. The maximum absolute atomic E-state index is 10.3. The molecule has 0 spiro atoms. The third kappa shape index (κ3) is 1.52. The minimum absolute atomic E-state index is 0.678. The van der Waals surface area contributed by atoms with Crippen molar-refractivity contribution in [2.45, 2.75) is 6.85 Å². The van der Waals surface area contributed by atoms with Gasteiger partial charge in [0.15, 0.2) is 0 Å². The molecule has 0 fully saturated rings. The highest BCUT2D eigenvalue weighted by Gasteiger charge is 1.90. The van der Waals surface area contributed by atoms with Gasteiger partial charge in [-0.25, -0.2) is 4.79 Å². The van der Waals surface area contributed by atoms with Crippen LogP contribution in [0, 0.1) is 0 Å². The molecular weight excluding hydrogens is 80.0 g/mol. The summed E-state index contributed by atoms with van der Waals surface area (Å²) in [5.74, 6) is -1.22. The van der Waals surface area contributed by atoms with Crippen LogP contribution in [0.4, 0.5) is 0 Å². The van der Waals surface area contributed by atoms with Crippen LogP contribution in [0.15, 0.2) is 12.2 Å². The molecular formula is C4H6O2. The Balaban J connectivity index is 4.24. The average molecular weight is 90.1 g/mol. The molecule has 0 saturated heterocycles. The predicted molar refractivity (Wildman–Crippen MR) is 22.4 cm³/mol. The summed E-state index contributed by atoms with van der Waals surface area (Å²) in [6, 6.07) is 0. The lowest BCUT2D eigenvalue weighted by atomic mass is 10.4. The monoisotopic (exact) mass is 90.1 g/mol. The van der Waals surface area contributed by atoms with Gasteiger partial charge < -0.3 is 5.11 Å². The molecule has 0 aliphatic rings. The van der Waals surface area contributed by atoms with Crippen LogP contribution in [0.25, 0.3) is 1.43 Å². The summed E-state index contributed by atoms with van der Waals surface area (Å²) in [6.07, 6.45) is 0. The summed E-state index contributed by atoms with van der Waals surface area (Å²) in [5.41, 5.74) is -0.678. The Morgan fingerprint density at radius 1 is 2.33 bits per heavy atom. The van der Waals surface area contributed by atoms with Gasteiger partial charge in [-0.1, -0.05) is 6.58 Å². The molecule has 2 nitrogen and oxygen atoms in total. The van der Waals surface area contributed by atoms with Crippen LogP contribution in [0.2, 0.25) is 0 Å². The van der Waals surface area contributed by atoms with E-state index in [0.717, 1.165) is 0 Å². The third-order valence-electron chi connectivity index (χ3n) is 0.246. The summed E-state index contributed by atoms with van der Waals surface area (Å²) < 4.78 is 25.9. The van der Waals surface area contributed by atoms with E-state index in [4.69, 9.17) is 5.54 Å². The smallest absolute Gasteiger partial charge is 0.330 e. The normalized spacial score (nSPS) is 18.7. The molecule has 0 rings (SSSR count). The molecule has 0 aliphatic heterocycles. The van der Waals surface area contributed by atoms with Crippen molar-refractivity contribution >= 4 is 5.97 Å². The van der Waals surface area contributed by atoms with Crippen LogP contribution in [-0.2, 0) is 4.79 Å². The first-order chi connectivity index (χ1) is 4.39. The Morgan fingerprint density at radius 3 is 3.17 bits per heavy atom. The second-order valence-corrected chi connectivity index (χ2v) is 0.766. The predicted octanol–water partition coefficient (Wildman–Crippen LogP) is 0.647. The summed E-state index contributed by atoms with van der Waals surface area (Å²) in [4.78, 5) is 10.3. The van der Waals surface area contributed by atoms with Crippen molar-refractivity contribution in [3.63, 3.8) is 0 Å². The fourth-order valence-electron chi connectivity index (χ4n) is 0. The van der Waals surface area contributed by atoms with Gasteiger partial charge in [0, 0.05) is 9.69 Å². The van der Waals surface area contributed by atoms with Crippen molar-refractivity contribution in [1.29, 1.82) is 1.43 Å². The van der Waals surface area contributed by atoms with Gasteiger partial charge in [0.2, 0.25) is 0 Å². The zero-order valence-corrected chi connectivity index (χ0v) is 3.02. The van der Waals surface area contributed by atoms with Gasteiger partial charge in [0.05, 0.1) is 0 Å². The van der Waals surface area contributed by atoms with E-state index in [1.165, 1.54) is 0 Å². The first-order valence-corrected chi connectivity index (χ1v) is 1.26. The van der Waals surface area contributed by atoms with E-state index in [0.29, 0.717) is 0 Å². The van der Waals surface area contributed by atoms with Crippen LogP contribution < -0.4 is 0 Å². The number of hydrogen-bond donors (Lipinski definition) is 1. The average Bonchev–Trinajstić information content (AvgIpc) is 1.83. The molecule has 0 aromatic carbocycles. The quantitative estimate of drug-likeness (QED) is 0.480. The topological polar surface area (TPSA) is 37.3 Å². The molecule has 0 amide bonds. The van der Waals surface area contributed by atoms with E-state index < -0.39 is 18.4 Å². The van der Waals surface area contributed by atoms with E-state index in [-0.39, 0.29) is 0 Å². The molecule has 0 aliphatic carbocycles. The summed E-state index contributed by atoms with van der Waals surface area (Å²) >= 11 is 0. The molecule has 0 unspecified atom stereocenters. The number of rotatable bonds is 1. The maximum Gasteiger partial charge on any atom is 0.330 e.